The Morgan fingerprint density at radius 1 is 1.15 bits per heavy atom. The van der Waals surface area contributed by atoms with Crippen LogP contribution in [0.4, 0.5) is 0 Å². The maximum atomic E-state index is 12.8. The van der Waals surface area contributed by atoms with Crippen molar-refractivity contribution in [3.63, 3.8) is 0 Å². The second-order valence-corrected chi connectivity index (χ2v) is 7.38. The highest BCUT2D eigenvalue weighted by atomic mass is 16.1. The number of para-hydroxylation sites is 1. The van der Waals surface area contributed by atoms with Crippen LogP contribution < -0.4 is 10.9 Å². The fourth-order valence-electron chi connectivity index (χ4n) is 4.59. The minimum absolute atomic E-state index is 0.0378. The van der Waals surface area contributed by atoms with Gasteiger partial charge in [0.1, 0.15) is 0 Å². The van der Waals surface area contributed by atoms with Gasteiger partial charge >= 0.3 is 0 Å². The molecule has 2 fully saturated rings. The average molecular weight is 366 g/mol. The van der Waals surface area contributed by atoms with E-state index in [1.807, 2.05) is 35.6 Å². The first-order valence-electron chi connectivity index (χ1n) is 9.55. The number of hydrogen-bond donors (Lipinski definition) is 1. The molecule has 2 aliphatic heterocycles. The summed E-state index contributed by atoms with van der Waals surface area (Å²) in [5.41, 5.74) is 0.794. The quantitative estimate of drug-likeness (QED) is 0.745. The Hall–Kier alpha value is -2.74. The molecule has 2 bridgehead atoms. The molecule has 4 heterocycles. The van der Waals surface area contributed by atoms with Crippen molar-refractivity contribution >= 4 is 22.6 Å². The summed E-state index contributed by atoms with van der Waals surface area (Å²) in [6, 6.07) is 8.18. The normalized spacial score (nSPS) is 23.1. The molecule has 1 amide bonds. The van der Waals surface area contributed by atoms with Crippen molar-refractivity contribution in [2.75, 3.05) is 6.54 Å². The summed E-state index contributed by atoms with van der Waals surface area (Å²) < 4.78 is 3.67. The molecule has 0 spiro atoms. The number of rotatable bonds is 3. The monoisotopic (exact) mass is 366 g/mol. The molecular weight excluding hydrogens is 344 g/mol. The van der Waals surface area contributed by atoms with Crippen molar-refractivity contribution in [1.82, 2.24) is 29.4 Å². The zero-order valence-corrected chi connectivity index (χ0v) is 15.3. The van der Waals surface area contributed by atoms with Crippen LogP contribution in [0.25, 0.3) is 16.7 Å². The molecule has 2 aromatic heterocycles. The van der Waals surface area contributed by atoms with Gasteiger partial charge in [0.2, 0.25) is 11.7 Å². The molecule has 5 rings (SSSR count). The van der Waals surface area contributed by atoms with E-state index in [0.717, 1.165) is 24.2 Å². The minimum atomic E-state index is -0.0378. The van der Waals surface area contributed by atoms with Gasteiger partial charge in [-0.1, -0.05) is 12.1 Å². The number of nitrogens with zero attached hydrogens (tertiary/aromatic N) is 5. The van der Waals surface area contributed by atoms with Crippen molar-refractivity contribution in [2.45, 2.75) is 51.4 Å². The Balaban J connectivity index is 1.66. The molecular formula is C19H22N6O2. The first-order chi connectivity index (χ1) is 13.2. The highest BCUT2D eigenvalue weighted by Crippen LogP contribution is 2.30. The number of benzene rings is 1. The molecule has 1 aromatic carbocycles. The summed E-state index contributed by atoms with van der Waals surface area (Å²) in [6.07, 6.45) is 2.66. The lowest BCUT2D eigenvalue weighted by molar-refractivity contribution is -0.121. The first-order valence-corrected chi connectivity index (χ1v) is 9.55. The van der Waals surface area contributed by atoms with E-state index in [-0.39, 0.29) is 17.5 Å². The van der Waals surface area contributed by atoms with Gasteiger partial charge in [0.05, 0.1) is 17.4 Å². The van der Waals surface area contributed by atoms with Crippen molar-refractivity contribution in [2.24, 2.45) is 0 Å². The van der Waals surface area contributed by atoms with E-state index < -0.39 is 0 Å². The smallest absolute Gasteiger partial charge is 0.262 e. The second kappa shape index (κ2) is 6.16. The van der Waals surface area contributed by atoms with Crippen molar-refractivity contribution in [1.29, 1.82) is 0 Å². The summed E-state index contributed by atoms with van der Waals surface area (Å²) in [5.74, 6) is 1.52. The zero-order valence-electron chi connectivity index (χ0n) is 15.3. The lowest BCUT2D eigenvalue weighted by Crippen LogP contribution is -2.38. The molecule has 0 radical (unpaired) electrons. The fourth-order valence-corrected chi connectivity index (χ4v) is 4.59. The van der Waals surface area contributed by atoms with Gasteiger partial charge in [0, 0.05) is 31.6 Å². The van der Waals surface area contributed by atoms with Gasteiger partial charge < -0.3 is 5.32 Å². The van der Waals surface area contributed by atoms with Crippen LogP contribution in [0.1, 0.15) is 32.0 Å². The van der Waals surface area contributed by atoms with Gasteiger partial charge in [-0.15, -0.1) is 10.2 Å². The summed E-state index contributed by atoms with van der Waals surface area (Å²) in [6.45, 7) is 3.79. The molecule has 140 valence electrons. The van der Waals surface area contributed by atoms with Gasteiger partial charge in [-0.25, -0.2) is 0 Å². The Bertz CT molecular complexity index is 1100. The third-order valence-corrected chi connectivity index (χ3v) is 5.94. The first kappa shape index (κ1) is 16.4. The van der Waals surface area contributed by atoms with Gasteiger partial charge in [-0.05, 0) is 31.9 Å². The van der Waals surface area contributed by atoms with Crippen molar-refractivity contribution < 1.29 is 4.79 Å². The number of carbonyl (C=O) groups excluding carboxylic acids is 1. The average Bonchev–Trinajstić information content (AvgIpc) is 3.20. The van der Waals surface area contributed by atoms with Gasteiger partial charge in [0.15, 0.2) is 5.82 Å². The maximum absolute atomic E-state index is 12.8. The number of hydrogen-bond acceptors (Lipinski definition) is 5. The molecule has 3 aromatic rings. The van der Waals surface area contributed by atoms with Crippen molar-refractivity contribution in [3.05, 3.63) is 40.4 Å². The van der Waals surface area contributed by atoms with Crippen molar-refractivity contribution in [3.8, 4) is 0 Å². The topological polar surface area (TPSA) is 84.5 Å². The van der Waals surface area contributed by atoms with Crippen LogP contribution in [0.2, 0.25) is 0 Å². The Morgan fingerprint density at radius 2 is 1.96 bits per heavy atom. The van der Waals surface area contributed by atoms with E-state index in [4.69, 9.17) is 0 Å². The maximum Gasteiger partial charge on any atom is 0.262 e. The van der Waals surface area contributed by atoms with Crippen LogP contribution in [0, 0.1) is 0 Å². The highest BCUT2D eigenvalue weighted by molar-refractivity contribution is 5.80. The Labute approximate surface area is 155 Å². The van der Waals surface area contributed by atoms with Gasteiger partial charge in [0.25, 0.3) is 5.56 Å². The summed E-state index contributed by atoms with van der Waals surface area (Å²) in [4.78, 5) is 27.1. The van der Waals surface area contributed by atoms with Crippen LogP contribution in [0.3, 0.4) is 0 Å². The molecule has 8 nitrogen and oxygen atoms in total. The van der Waals surface area contributed by atoms with E-state index in [2.05, 4.69) is 20.4 Å². The number of nitrogens with one attached hydrogen (secondary N) is 1. The molecule has 0 aliphatic carbocycles. The number of amides is 1. The van der Waals surface area contributed by atoms with E-state index in [1.54, 1.807) is 4.57 Å². The fraction of sp³-hybridized carbons (Fsp3) is 0.474. The molecule has 0 saturated carbocycles. The predicted octanol–water partition coefficient (Wildman–Crippen LogP) is 0.917. The highest BCUT2D eigenvalue weighted by Gasteiger charge is 2.38. The SMILES string of the molecule is CCn1c(=O)c2ccccc2n2c(CN3C4CCC3CC(=O)NC4)nnc12. The van der Waals surface area contributed by atoms with Crippen LogP contribution in [-0.4, -0.2) is 48.6 Å². The Morgan fingerprint density at radius 3 is 2.81 bits per heavy atom. The standard InChI is InChI=1S/C19H22N6O2/c1-2-23-18(27)14-5-3-4-6-15(14)25-16(21-22-19(23)25)11-24-12-7-8-13(24)10-20-17(26)9-12/h3-6,12-13H,2,7-11H2,1H3,(H,20,26). The predicted molar refractivity (Wildman–Crippen MR) is 100 cm³/mol. The van der Waals surface area contributed by atoms with Gasteiger partial charge in [-0.3, -0.25) is 23.5 Å². The second-order valence-electron chi connectivity index (χ2n) is 7.38. The Kier molecular flexibility index (Phi) is 3.75. The van der Waals surface area contributed by atoms with E-state index >= 15 is 0 Å². The third-order valence-electron chi connectivity index (χ3n) is 5.94. The number of aryl methyl sites for hydroxylation is 1. The summed E-state index contributed by atoms with van der Waals surface area (Å²) >= 11 is 0. The molecule has 8 heteroatoms. The molecule has 27 heavy (non-hydrogen) atoms. The number of fused-ring (bicyclic) bond motifs is 5. The molecule has 2 saturated heterocycles. The van der Waals surface area contributed by atoms with Crippen LogP contribution in [0.15, 0.2) is 29.1 Å². The largest absolute Gasteiger partial charge is 0.354 e. The molecule has 1 N–H and O–H groups in total. The molecule has 2 unspecified atom stereocenters. The van der Waals surface area contributed by atoms with E-state index in [9.17, 15) is 9.59 Å². The lowest BCUT2D eigenvalue weighted by Gasteiger charge is -2.26. The summed E-state index contributed by atoms with van der Waals surface area (Å²) in [7, 11) is 0. The van der Waals surface area contributed by atoms with Crippen LogP contribution in [-0.2, 0) is 17.9 Å². The molecule has 2 atom stereocenters. The lowest BCUT2D eigenvalue weighted by atomic mass is 10.1. The zero-order chi connectivity index (χ0) is 18.5. The number of carbonyl (C=O) groups is 1. The molecule has 2 aliphatic rings. The third kappa shape index (κ3) is 2.47. The van der Waals surface area contributed by atoms with Gasteiger partial charge in [-0.2, -0.15) is 0 Å². The van der Waals surface area contributed by atoms with Crippen LogP contribution >= 0.6 is 0 Å². The van der Waals surface area contributed by atoms with E-state index in [0.29, 0.717) is 43.3 Å². The number of aromatic nitrogens is 4. The van der Waals surface area contributed by atoms with Crippen LogP contribution in [0.5, 0.6) is 0 Å². The summed E-state index contributed by atoms with van der Waals surface area (Å²) in [5, 5.41) is 12.5. The minimum Gasteiger partial charge on any atom is -0.354 e. The van der Waals surface area contributed by atoms with E-state index in [1.165, 1.54) is 0 Å².